The van der Waals surface area contributed by atoms with Gasteiger partial charge >= 0.3 is 0 Å². The van der Waals surface area contributed by atoms with Gasteiger partial charge in [0.2, 0.25) is 0 Å². The van der Waals surface area contributed by atoms with Gasteiger partial charge < -0.3 is 0 Å². The van der Waals surface area contributed by atoms with E-state index in [1.807, 2.05) is 5.51 Å². The smallest absolute Gasteiger partial charge is 0.0795 e. The van der Waals surface area contributed by atoms with Gasteiger partial charge in [-0.1, -0.05) is 0 Å². The van der Waals surface area contributed by atoms with Crippen molar-refractivity contribution in [3.8, 4) is 0 Å². The maximum Gasteiger partial charge on any atom is 0.0795 e. The summed E-state index contributed by atoms with van der Waals surface area (Å²) >= 11 is 1.68. The minimum Gasteiger partial charge on any atom is -0.295 e. The molecule has 12 heavy (non-hydrogen) atoms. The van der Waals surface area contributed by atoms with Gasteiger partial charge in [-0.2, -0.15) is 0 Å². The summed E-state index contributed by atoms with van der Waals surface area (Å²) in [5.41, 5.74) is 3.13. The summed E-state index contributed by atoms with van der Waals surface area (Å²) < 4.78 is 0. The second-order valence-electron chi connectivity index (χ2n) is 3.49. The molecule has 3 heteroatoms. The van der Waals surface area contributed by atoms with Gasteiger partial charge in [-0.25, -0.2) is 4.98 Å². The van der Waals surface area contributed by atoms with Crippen LogP contribution in [0.2, 0.25) is 0 Å². The zero-order chi connectivity index (χ0) is 8.55. The van der Waals surface area contributed by atoms with E-state index in [2.05, 4.69) is 29.2 Å². The molecule has 1 atom stereocenters. The fourth-order valence-electron chi connectivity index (χ4n) is 1.43. The fraction of sp³-hybridized carbons (Fsp3) is 0.667. The molecule has 0 saturated heterocycles. The average molecular weight is 182 g/mol. The van der Waals surface area contributed by atoms with Gasteiger partial charge in [0.1, 0.15) is 0 Å². The molecule has 66 valence electrons. The van der Waals surface area contributed by atoms with Crippen molar-refractivity contribution in [2.75, 3.05) is 7.05 Å². The lowest BCUT2D eigenvalue weighted by molar-refractivity contribution is 0.247. The summed E-state index contributed by atoms with van der Waals surface area (Å²) in [7, 11) is 2.20. The molecule has 1 aliphatic carbocycles. The van der Waals surface area contributed by atoms with Crippen LogP contribution in [0.15, 0.2) is 10.9 Å². The lowest BCUT2D eigenvalue weighted by Crippen LogP contribution is -2.24. The first kappa shape index (κ1) is 8.20. The molecule has 2 rings (SSSR count). The van der Waals surface area contributed by atoms with E-state index in [1.165, 1.54) is 18.5 Å². The number of hydrogen-bond acceptors (Lipinski definition) is 3. The van der Waals surface area contributed by atoms with Crippen molar-refractivity contribution in [2.45, 2.75) is 31.8 Å². The lowest BCUT2D eigenvalue weighted by atomic mass is 10.2. The van der Waals surface area contributed by atoms with E-state index in [4.69, 9.17) is 0 Å². The number of rotatable bonds is 3. The van der Waals surface area contributed by atoms with Crippen LogP contribution < -0.4 is 0 Å². The maximum absolute atomic E-state index is 4.32. The molecule has 1 aromatic rings. The molecule has 1 unspecified atom stereocenters. The Hall–Kier alpha value is -0.410. The predicted molar refractivity (Wildman–Crippen MR) is 51.3 cm³/mol. The van der Waals surface area contributed by atoms with Crippen molar-refractivity contribution >= 4 is 11.3 Å². The fourth-order valence-corrected chi connectivity index (χ4v) is 2.08. The molecule has 0 amide bonds. The first-order chi connectivity index (χ1) is 5.79. The summed E-state index contributed by atoms with van der Waals surface area (Å²) in [6.07, 6.45) is 2.73. The van der Waals surface area contributed by atoms with E-state index in [0.29, 0.717) is 6.04 Å². The van der Waals surface area contributed by atoms with Crippen LogP contribution in [0, 0.1) is 0 Å². The highest BCUT2D eigenvalue weighted by atomic mass is 32.1. The normalized spacial score (nSPS) is 19.9. The molecule has 1 fully saturated rings. The Morgan fingerprint density at radius 3 is 2.92 bits per heavy atom. The molecular weight excluding hydrogens is 168 g/mol. The van der Waals surface area contributed by atoms with E-state index in [9.17, 15) is 0 Å². The van der Waals surface area contributed by atoms with Crippen molar-refractivity contribution in [3.05, 3.63) is 16.6 Å². The number of aromatic nitrogens is 1. The Balaban J connectivity index is 2.03. The Bertz CT molecular complexity index is 241. The number of hydrogen-bond donors (Lipinski definition) is 0. The zero-order valence-electron chi connectivity index (χ0n) is 7.53. The van der Waals surface area contributed by atoms with Crippen LogP contribution in [0.1, 0.15) is 31.5 Å². The van der Waals surface area contributed by atoms with Crippen LogP contribution in [0.4, 0.5) is 0 Å². The molecule has 2 nitrogen and oxygen atoms in total. The van der Waals surface area contributed by atoms with Crippen LogP contribution in [-0.4, -0.2) is 23.0 Å². The van der Waals surface area contributed by atoms with Gasteiger partial charge in [-0.05, 0) is 26.8 Å². The third kappa shape index (κ3) is 1.52. The summed E-state index contributed by atoms with van der Waals surface area (Å²) in [5.74, 6) is 0. The molecule has 1 aromatic heterocycles. The van der Waals surface area contributed by atoms with Crippen LogP contribution in [-0.2, 0) is 0 Å². The lowest BCUT2D eigenvalue weighted by Gasteiger charge is -2.22. The van der Waals surface area contributed by atoms with E-state index in [1.54, 1.807) is 11.3 Å². The number of nitrogens with zero attached hydrogens (tertiary/aromatic N) is 2. The van der Waals surface area contributed by atoms with Gasteiger partial charge in [-0.3, -0.25) is 4.90 Å². The quantitative estimate of drug-likeness (QED) is 0.713. The molecule has 0 aliphatic heterocycles. The highest BCUT2D eigenvalue weighted by Crippen LogP contribution is 2.32. The summed E-state index contributed by atoms with van der Waals surface area (Å²) in [5, 5.41) is 2.14. The van der Waals surface area contributed by atoms with Crippen LogP contribution in [0.5, 0.6) is 0 Å². The van der Waals surface area contributed by atoms with Crippen LogP contribution in [0.25, 0.3) is 0 Å². The first-order valence-electron chi connectivity index (χ1n) is 4.39. The van der Waals surface area contributed by atoms with Gasteiger partial charge in [0.25, 0.3) is 0 Å². The Labute approximate surface area is 77.2 Å². The topological polar surface area (TPSA) is 16.1 Å². The molecule has 0 N–H and O–H groups in total. The largest absolute Gasteiger partial charge is 0.295 e. The molecule has 1 heterocycles. The van der Waals surface area contributed by atoms with Gasteiger partial charge in [0.05, 0.1) is 17.2 Å². The standard InChI is InChI=1S/C9H14N2S/c1-7(9-5-12-6-10-9)11(2)8-3-4-8/h5-8H,3-4H2,1-2H3. The van der Waals surface area contributed by atoms with E-state index in [0.717, 1.165) is 6.04 Å². The van der Waals surface area contributed by atoms with Crippen LogP contribution in [0.3, 0.4) is 0 Å². The predicted octanol–water partition coefficient (Wildman–Crippen LogP) is 2.30. The summed E-state index contributed by atoms with van der Waals surface area (Å²) in [6, 6.07) is 1.31. The third-order valence-electron chi connectivity index (χ3n) is 2.61. The monoisotopic (exact) mass is 182 g/mol. The van der Waals surface area contributed by atoms with E-state index >= 15 is 0 Å². The third-order valence-corrected chi connectivity index (χ3v) is 3.22. The summed E-state index contributed by atoms with van der Waals surface area (Å²) in [4.78, 5) is 6.75. The van der Waals surface area contributed by atoms with E-state index in [-0.39, 0.29) is 0 Å². The van der Waals surface area contributed by atoms with Crippen LogP contribution >= 0.6 is 11.3 Å². The first-order valence-corrected chi connectivity index (χ1v) is 5.33. The highest BCUT2D eigenvalue weighted by Gasteiger charge is 2.30. The Kier molecular flexibility index (Phi) is 2.15. The minimum absolute atomic E-state index is 0.490. The Morgan fingerprint density at radius 1 is 1.67 bits per heavy atom. The van der Waals surface area contributed by atoms with Gasteiger partial charge in [0.15, 0.2) is 0 Å². The Morgan fingerprint density at radius 2 is 2.42 bits per heavy atom. The van der Waals surface area contributed by atoms with Crippen molar-refractivity contribution in [2.24, 2.45) is 0 Å². The van der Waals surface area contributed by atoms with Crippen molar-refractivity contribution < 1.29 is 0 Å². The van der Waals surface area contributed by atoms with E-state index < -0.39 is 0 Å². The van der Waals surface area contributed by atoms with Crippen molar-refractivity contribution in [1.82, 2.24) is 9.88 Å². The molecule has 0 bridgehead atoms. The van der Waals surface area contributed by atoms with Crippen molar-refractivity contribution in [1.29, 1.82) is 0 Å². The average Bonchev–Trinajstić information content (AvgIpc) is 2.79. The van der Waals surface area contributed by atoms with Gasteiger partial charge in [-0.15, -0.1) is 11.3 Å². The molecule has 1 saturated carbocycles. The molecule has 0 spiro atoms. The number of thiazole rings is 1. The molecule has 1 aliphatic rings. The van der Waals surface area contributed by atoms with Crippen molar-refractivity contribution in [3.63, 3.8) is 0 Å². The molecule has 0 aromatic carbocycles. The maximum atomic E-state index is 4.32. The second-order valence-corrected chi connectivity index (χ2v) is 4.20. The minimum atomic E-state index is 0.490. The SMILES string of the molecule is CC(c1cscn1)N(C)C1CC1. The van der Waals surface area contributed by atoms with Gasteiger partial charge in [0, 0.05) is 11.4 Å². The zero-order valence-corrected chi connectivity index (χ0v) is 8.34. The molecule has 0 radical (unpaired) electrons. The highest BCUT2D eigenvalue weighted by molar-refractivity contribution is 7.07. The summed E-state index contributed by atoms with van der Waals surface area (Å²) in [6.45, 7) is 2.23. The molecular formula is C9H14N2S. The second kappa shape index (κ2) is 3.15.